The maximum absolute atomic E-state index is 13.4. The summed E-state index contributed by atoms with van der Waals surface area (Å²) in [7, 11) is 1.68. The maximum atomic E-state index is 13.4. The Balaban J connectivity index is 1.88. The molecule has 0 fully saturated rings. The number of nitrogens with one attached hydrogen (secondary N) is 3. The van der Waals surface area contributed by atoms with E-state index in [2.05, 4.69) is 20.9 Å². The third-order valence-electron chi connectivity index (χ3n) is 2.56. The van der Waals surface area contributed by atoms with Crippen molar-refractivity contribution >= 4 is 22.5 Å². The topological polar surface area (TPSA) is 66.0 Å². The first-order chi connectivity index (χ1) is 10.1. The van der Waals surface area contributed by atoms with Crippen LogP contribution >= 0.6 is 11.3 Å². The standard InChI is InChI=1S/C13H14F2N4OS/c1-16-7-10-11(15)21-13(18-10)19-12(20)17-6-8-3-2-4-9(14)5-8/h2-5,16H,6-7H2,1H3,(H2,17,18,19,20). The lowest BCUT2D eigenvalue weighted by Crippen LogP contribution is -2.28. The number of anilines is 1. The number of hydrogen-bond acceptors (Lipinski definition) is 4. The predicted octanol–water partition coefficient (Wildman–Crippen LogP) is 2.46. The van der Waals surface area contributed by atoms with Crippen LogP contribution in [0.4, 0.5) is 18.7 Å². The van der Waals surface area contributed by atoms with Gasteiger partial charge in [0.25, 0.3) is 0 Å². The second-order valence-corrected chi connectivity index (χ2v) is 5.16. The summed E-state index contributed by atoms with van der Waals surface area (Å²) in [6, 6.07) is 5.38. The van der Waals surface area contributed by atoms with Crippen molar-refractivity contribution in [2.45, 2.75) is 13.1 Å². The number of carbonyl (C=O) groups is 1. The van der Waals surface area contributed by atoms with Crippen LogP contribution in [0.1, 0.15) is 11.3 Å². The van der Waals surface area contributed by atoms with Crippen LogP contribution in [0.3, 0.4) is 0 Å². The lowest BCUT2D eigenvalue weighted by atomic mass is 10.2. The van der Waals surface area contributed by atoms with Gasteiger partial charge in [0.2, 0.25) is 5.13 Å². The highest BCUT2D eigenvalue weighted by molar-refractivity contribution is 7.14. The molecular formula is C13H14F2N4OS. The zero-order valence-corrected chi connectivity index (χ0v) is 12.1. The summed E-state index contributed by atoms with van der Waals surface area (Å²) < 4.78 is 26.4. The number of amides is 2. The van der Waals surface area contributed by atoms with E-state index < -0.39 is 11.2 Å². The molecule has 0 radical (unpaired) electrons. The first-order valence-corrected chi connectivity index (χ1v) is 6.99. The quantitative estimate of drug-likeness (QED) is 0.794. The van der Waals surface area contributed by atoms with Gasteiger partial charge >= 0.3 is 6.03 Å². The zero-order chi connectivity index (χ0) is 15.2. The number of urea groups is 1. The molecule has 0 saturated carbocycles. The predicted molar refractivity (Wildman–Crippen MR) is 77.1 cm³/mol. The Labute approximate surface area is 124 Å². The molecule has 2 aromatic rings. The molecule has 0 aliphatic carbocycles. The molecule has 1 heterocycles. The molecule has 3 N–H and O–H groups in total. The minimum Gasteiger partial charge on any atom is -0.334 e. The van der Waals surface area contributed by atoms with E-state index in [-0.39, 0.29) is 29.7 Å². The number of hydrogen-bond donors (Lipinski definition) is 3. The van der Waals surface area contributed by atoms with Crippen LogP contribution in [0.25, 0.3) is 0 Å². The molecule has 0 bridgehead atoms. The summed E-state index contributed by atoms with van der Waals surface area (Å²) in [5.74, 6) is -0.367. The number of carbonyl (C=O) groups excluding carboxylic acids is 1. The van der Waals surface area contributed by atoms with Crippen molar-refractivity contribution in [2.24, 2.45) is 0 Å². The fraction of sp³-hybridized carbons (Fsp3) is 0.231. The van der Waals surface area contributed by atoms with Crippen LogP contribution in [0, 0.1) is 10.9 Å². The first-order valence-electron chi connectivity index (χ1n) is 6.17. The van der Waals surface area contributed by atoms with Gasteiger partial charge in [0.1, 0.15) is 11.5 Å². The van der Waals surface area contributed by atoms with Gasteiger partial charge in [-0.2, -0.15) is 4.39 Å². The Hall–Kier alpha value is -2.06. The minimum atomic E-state index is -0.524. The average molecular weight is 312 g/mol. The monoisotopic (exact) mass is 312 g/mol. The van der Waals surface area contributed by atoms with Crippen molar-refractivity contribution in [2.75, 3.05) is 12.4 Å². The fourth-order valence-electron chi connectivity index (χ4n) is 1.63. The number of rotatable bonds is 5. The number of halogens is 2. The molecule has 1 aromatic carbocycles. The molecule has 2 amide bonds. The Bertz CT molecular complexity index is 632. The van der Waals surface area contributed by atoms with E-state index in [9.17, 15) is 13.6 Å². The van der Waals surface area contributed by atoms with E-state index in [1.807, 2.05) is 0 Å². The lowest BCUT2D eigenvalue weighted by molar-refractivity contribution is 0.251. The molecule has 1 aromatic heterocycles. The van der Waals surface area contributed by atoms with Crippen LogP contribution < -0.4 is 16.0 Å². The SMILES string of the molecule is CNCc1nc(NC(=O)NCc2cccc(F)c2)sc1F. The molecule has 0 saturated heterocycles. The van der Waals surface area contributed by atoms with E-state index in [0.29, 0.717) is 5.56 Å². The van der Waals surface area contributed by atoms with Gasteiger partial charge in [0.15, 0.2) is 5.13 Å². The number of thiazole rings is 1. The van der Waals surface area contributed by atoms with E-state index >= 15 is 0 Å². The van der Waals surface area contributed by atoms with Gasteiger partial charge in [0, 0.05) is 13.1 Å². The van der Waals surface area contributed by atoms with Crippen molar-refractivity contribution in [1.29, 1.82) is 0 Å². The van der Waals surface area contributed by atoms with Crippen molar-refractivity contribution in [3.05, 3.63) is 46.5 Å². The molecule has 2 rings (SSSR count). The summed E-state index contributed by atoms with van der Waals surface area (Å²) in [6.07, 6.45) is 0. The minimum absolute atomic E-state index is 0.167. The molecule has 5 nitrogen and oxygen atoms in total. The second kappa shape index (κ2) is 7.09. The smallest absolute Gasteiger partial charge is 0.321 e. The van der Waals surface area contributed by atoms with Crippen LogP contribution in [-0.4, -0.2) is 18.1 Å². The van der Waals surface area contributed by atoms with Crippen LogP contribution in [0.5, 0.6) is 0 Å². The summed E-state index contributed by atoms with van der Waals surface area (Å²) in [4.78, 5) is 15.6. The van der Waals surface area contributed by atoms with Gasteiger partial charge in [-0.25, -0.2) is 14.2 Å². The van der Waals surface area contributed by atoms with Gasteiger partial charge in [-0.1, -0.05) is 23.5 Å². The van der Waals surface area contributed by atoms with Crippen LogP contribution in [0.15, 0.2) is 24.3 Å². The number of aromatic nitrogens is 1. The van der Waals surface area contributed by atoms with Gasteiger partial charge in [-0.15, -0.1) is 0 Å². The third kappa shape index (κ3) is 4.47. The Morgan fingerprint density at radius 3 is 2.86 bits per heavy atom. The fourth-order valence-corrected chi connectivity index (χ4v) is 2.34. The van der Waals surface area contributed by atoms with E-state index in [4.69, 9.17) is 0 Å². The van der Waals surface area contributed by atoms with Crippen molar-refractivity contribution in [3.63, 3.8) is 0 Å². The molecule has 0 unspecified atom stereocenters. The highest BCUT2D eigenvalue weighted by Crippen LogP contribution is 2.20. The largest absolute Gasteiger partial charge is 0.334 e. The zero-order valence-electron chi connectivity index (χ0n) is 11.2. The third-order valence-corrected chi connectivity index (χ3v) is 3.36. The van der Waals surface area contributed by atoms with E-state index in [1.54, 1.807) is 19.2 Å². The highest BCUT2D eigenvalue weighted by atomic mass is 32.1. The molecule has 8 heteroatoms. The molecule has 0 aliphatic rings. The molecule has 112 valence electrons. The molecule has 21 heavy (non-hydrogen) atoms. The number of benzene rings is 1. The van der Waals surface area contributed by atoms with Crippen LogP contribution in [0.2, 0.25) is 0 Å². The van der Waals surface area contributed by atoms with Gasteiger partial charge in [-0.05, 0) is 24.7 Å². The average Bonchev–Trinajstić information content (AvgIpc) is 2.77. The van der Waals surface area contributed by atoms with Gasteiger partial charge < -0.3 is 10.6 Å². The molecular weight excluding hydrogens is 298 g/mol. The summed E-state index contributed by atoms with van der Waals surface area (Å²) in [6.45, 7) is 0.454. The lowest BCUT2D eigenvalue weighted by Gasteiger charge is -2.05. The Kier molecular flexibility index (Phi) is 5.18. The second-order valence-electron chi connectivity index (χ2n) is 4.21. The number of nitrogens with zero attached hydrogens (tertiary/aromatic N) is 1. The highest BCUT2D eigenvalue weighted by Gasteiger charge is 2.12. The normalized spacial score (nSPS) is 10.4. The van der Waals surface area contributed by atoms with E-state index in [1.165, 1.54) is 12.1 Å². The Morgan fingerprint density at radius 2 is 2.14 bits per heavy atom. The van der Waals surface area contributed by atoms with Crippen molar-refractivity contribution in [3.8, 4) is 0 Å². The Morgan fingerprint density at radius 1 is 1.33 bits per heavy atom. The molecule has 0 spiro atoms. The van der Waals surface area contributed by atoms with Crippen molar-refractivity contribution in [1.82, 2.24) is 15.6 Å². The summed E-state index contributed by atoms with van der Waals surface area (Å²) >= 11 is 0.757. The maximum Gasteiger partial charge on any atom is 0.321 e. The van der Waals surface area contributed by atoms with Crippen LogP contribution in [-0.2, 0) is 13.1 Å². The van der Waals surface area contributed by atoms with Gasteiger partial charge in [0.05, 0.1) is 0 Å². The van der Waals surface area contributed by atoms with Crippen molar-refractivity contribution < 1.29 is 13.6 Å². The molecule has 0 atom stereocenters. The van der Waals surface area contributed by atoms with E-state index in [0.717, 1.165) is 11.3 Å². The van der Waals surface area contributed by atoms with Gasteiger partial charge in [-0.3, -0.25) is 5.32 Å². The molecule has 0 aliphatic heterocycles. The first kappa shape index (κ1) is 15.3. The summed E-state index contributed by atoms with van der Waals surface area (Å²) in [5, 5.41) is 7.51. The summed E-state index contributed by atoms with van der Waals surface area (Å²) in [5.41, 5.74) is 0.884.